The Bertz CT molecular complexity index is 1350. The zero-order chi connectivity index (χ0) is 22.3. The second kappa shape index (κ2) is 7.88. The molecular weight excluding hydrogens is 420 g/mol. The molecule has 2 aromatic carbocycles. The van der Waals surface area contributed by atoms with Gasteiger partial charge in [-0.25, -0.2) is 4.98 Å². The second-order valence-electron chi connectivity index (χ2n) is 8.82. The van der Waals surface area contributed by atoms with Crippen molar-refractivity contribution in [3.05, 3.63) is 87.7 Å². The zero-order valence-electron chi connectivity index (χ0n) is 17.8. The van der Waals surface area contributed by atoms with Gasteiger partial charge in [0.2, 0.25) is 0 Å². The van der Waals surface area contributed by atoms with Crippen LogP contribution in [0.25, 0.3) is 21.8 Å². The molecule has 32 heavy (non-hydrogen) atoms. The van der Waals surface area contributed by atoms with Crippen LogP contribution in [0, 0.1) is 5.41 Å². The number of ketones is 1. The summed E-state index contributed by atoms with van der Waals surface area (Å²) in [7, 11) is 0. The molecule has 0 spiro atoms. The van der Waals surface area contributed by atoms with E-state index in [4.69, 9.17) is 4.74 Å². The minimum absolute atomic E-state index is 0.0690. The van der Waals surface area contributed by atoms with Crippen molar-refractivity contribution < 1.29 is 9.53 Å². The molecule has 160 valence electrons. The standard InChI is InChI=1S/C26H22N2O3S/c1-26(2)13-21-19(23(29)14-26)12-20(24(30)27-21)25-28-22(15-32-25)16-8-10-18(11-9-16)31-17-6-4-3-5-7-17/h3-12,15H,13-14H2,1-2H3,(H,27,30). The molecular formula is C26H22N2O3S. The summed E-state index contributed by atoms with van der Waals surface area (Å²) in [5.41, 5.74) is 3.14. The Labute approximate surface area is 189 Å². The highest BCUT2D eigenvalue weighted by atomic mass is 32.1. The van der Waals surface area contributed by atoms with Crippen molar-refractivity contribution in [2.75, 3.05) is 0 Å². The maximum atomic E-state index is 12.8. The maximum absolute atomic E-state index is 12.8. The first-order chi connectivity index (χ1) is 15.4. The molecule has 0 fully saturated rings. The molecule has 0 saturated carbocycles. The molecule has 6 heteroatoms. The lowest BCUT2D eigenvalue weighted by Crippen LogP contribution is -2.30. The number of rotatable bonds is 4. The molecule has 5 rings (SSSR count). The molecule has 1 N–H and O–H groups in total. The monoisotopic (exact) mass is 442 g/mol. The normalized spacial score (nSPS) is 14.8. The number of pyridine rings is 1. The van der Waals surface area contributed by atoms with Crippen molar-refractivity contribution in [2.45, 2.75) is 26.7 Å². The van der Waals surface area contributed by atoms with Crippen molar-refractivity contribution in [3.63, 3.8) is 0 Å². The fourth-order valence-electron chi connectivity index (χ4n) is 4.04. The van der Waals surface area contributed by atoms with Crippen molar-refractivity contribution in [1.29, 1.82) is 0 Å². The number of benzene rings is 2. The van der Waals surface area contributed by atoms with Crippen molar-refractivity contribution in [2.24, 2.45) is 5.41 Å². The Balaban J connectivity index is 1.41. The van der Waals surface area contributed by atoms with Gasteiger partial charge in [0.05, 0.1) is 11.3 Å². The number of aromatic nitrogens is 2. The first-order valence-electron chi connectivity index (χ1n) is 10.5. The molecule has 0 atom stereocenters. The third-order valence-corrected chi connectivity index (χ3v) is 6.46. The number of para-hydroxylation sites is 1. The summed E-state index contributed by atoms with van der Waals surface area (Å²) < 4.78 is 5.84. The Hall–Kier alpha value is -3.51. The van der Waals surface area contributed by atoms with Crippen LogP contribution in [0.3, 0.4) is 0 Å². The lowest BCUT2D eigenvalue weighted by atomic mass is 9.75. The Morgan fingerprint density at radius 2 is 1.66 bits per heavy atom. The number of nitrogens with one attached hydrogen (secondary N) is 1. The molecule has 5 nitrogen and oxygen atoms in total. The van der Waals surface area contributed by atoms with Gasteiger partial charge in [0.15, 0.2) is 5.78 Å². The predicted octanol–water partition coefficient (Wildman–Crippen LogP) is 6.11. The van der Waals surface area contributed by atoms with E-state index in [1.54, 1.807) is 6.07 Å². The van der Waals surface area contributed by atoms with Gasteiger partial charge >= 0.3 is 0 Å². The fraction of sp³-hybridized carbons (Fsp3) is 0.192. The first-order valence-corrected chi connectivity index (χ1v) is 11.3. The van der Waals surface area contributed by atoms with E-state index in [1.807, 2.05) is 73.8 Å². The summed E-state index contributed by atoms with van der Waals surface area (Å²) in [6.45, 7) is 4.09. The van der Waals surface area contributed by atoms with Crippen LogP contribution in [-0.4, -0.2) is 15.8 Å². The number of nitrogens with zero attached hydrogens (tertiary/aromatic N) is 1. The number of aromatic amines is 1. The molecule has 0 radical (unpaired) electrons. The van der Waals surface area contributed by atoms with Gasteiger partial charge in [-0.05, 0) is 54.3 Å². The largest absolute Gasteiger partial charge is 0.457 e. The highest BCUT2D eigenvalue weighted by molar-refractivity contribution is 7.13. The van der Waals surface area contributed by atoms with Gasteiger partial charge in [-0.15, -0.1) is 11.3 Å². The van der Waals surface area contributed by atoms with Crippen LogP contribution in [0.15, 0.2) is 70.8 Å². The Morgan fingerprint density at radius 3 is 2.41 bits per heavy atom. The average Bonchev–Trinajstić information content (AvgIpc) is 3.24. The number of carbonyl (C=O) groups excluding carboxylic acids is 1. The van der Waals surface area contributed by atoms with Gasteiger partial charge in [-0.3, -0.25) is 9.59 Å². The zero-order valence-corrected chi connectivity index (χ0v) is 18.7. The van der Waals surface area contributed by atoms with Gasteiger partial charge in [-0.1, -0.05) is 32.0 Å². The number of thiazole rings is 1. The molecule has 4 aromatic rings. The fourth-order valence-corrected chi connectivity index (χ4v) is 4.88. The van der Waals surface area contributed by atoms with Crippen LogP contribution in [-0.2, 0) is 6.42 Å². The van der Waals surface area contributed by atoms with Crippen LogP contribution in [0.2, 0.25) is 0 Å². The van der Waals surface area contributed by atoms with E-state index in [0.717, 1.165) is 28.5 Å². The molecule has 0 unspecified atom stereocenters. The number of ether oxygens (including phenoxy) is 1. The summed E-state index contributed by atoms with van der Waals surface area (Å²) in [5, 5.41) is 2.53. The predicted molar refractivity (Wildman–Crippen MR) is 127 cm³/mol. The summed E-state index contributed by atoms with van der Waals surface area (Å²) >= 11 is 1.40. The number of hydrogen-bond donors (Lipinski definition) is 1. The molecule has 0 bridgehead atoms. The molecule has 1 aliphatic rings. The number of hydrogen-bond acceptors (Lipinski definition) is 5. The third-order valence-electron chi connectivity index (χ3n) is 5.58. The third kappa shape index (κ3) is 4.01. The van der Waals surface area contributed by atoms with E-state index >= 15 is 0 Å². The number of H-pyrrole nitrogens is 1. The minimum Gasteiger partial charge on any atom is -0.457 e. The van der Waals surface area contributed by atoms with Crippen molar-refractivity contribution >= 4 is 17.1 Å². The van der Waals surface area contributed by atoms with Crippen molar-refractivity contribution in [1.82, 2.24) is 9.97 Å². The van der Waals surface area contributed by atoms with Crippen LogP contribution in [0.1, 0.15) is 36.3 Å². The van der Waals surface area contributed by atoms with Crippen molar-refractivity contribution in [3.8, 4) is 33.3 Å². The average molecular weight is 443 g/mol. The first kappa shape index (κ1) is 20.4. The van der Waals surface area contributed by atoms with Gasteiger partial charge in [0.25, 0.3) is 5.56 Å². The van der Waals surface area contributed by atoms with Crippen LogP contribution >= 0.6 is 11.3 Å². The van der Waals surface area contributed by atoms with E-state index in [1.165, 1.54) is 11.3 Å². The van der Waals surface area contributed by atoms with Gasteiger partial charge in [0.1, 0.15) is 16.5 Å². The summed E-state index contributed by atoms with van der Waals surface area (Å²) in [4.78, 5) is 33.0. The van der Waals surface area contributed by atoms with E-state index in [9.17, 15) is 9.59 Å². The highest BCUT2D eigenvalue weighted by Gasteiger charge is 2.32. The number of fused-ring (bicyclic) bond motifs is 1. The van der Waals surface area contributed by atoms with E-state index in [-0.39, 0.29) is 16.8 Å². The van der Waals surface area contributed by atoms with Gasteiger partial charge in [-0.2, -0.15) is 0 Å². The Kier molecular flexibility index (Phi) is 5.02. The highest BCUT2D eigenvalue weighted by Crippen LogP contribution is 2.35. The smallest absolute Gasteiger partial charge is 0.258 e. The number of carbonyl (C=O) groups is 1. The topological polar surface area (TPSA) is 72.0 Å². The minimum atomic E-state index is -0.207. The van der Waals surface area contributed by atoms with Gasteiger partial charge in [0, 0.05) is 28.6 Å². The molecule has 0 aliphatic heterocycles. The summed E-state index contributed by atoms with van der Waals surface area (Å²) in [6.07, 6.45) is 1.16. The van der Waals surface area contributed by atoms with Crippen LogP contribution in [0.5, 0.6) is 11.5 Å². The second-order valence-corrected chi connectivity index (χ2v) is 9.68. The summed E-state index contributed by atoms with van der Waals surface area (Å²) in [6, 6.07) is 19.0. The van der Waals surface area contributed by atoms with Crippen LogP contribution in [0.4, 0.5) is 0 Å². The van der Waals surface area contributed by atoms with Gasteiger partial charge < -0.3 is 9.72 Å². The summed E-state index contributed by atoms with van der Waals surface area (Å²) in [5.74, 6) is 1.59. The van der Waals surface area contributed by atoms with Crippen LogP contribution < -0.4 is 10.3 Å². The van der Waals surface area contributed by atoms with E-state index < -0.39 is 0 Å². The Morgan fingerprint density at radius 1 is 0.938 bits per heavy atom. The molecule has 2 aromatic heterocycles. The lowest BCUT2D eigenvalue weighted by Gasteiger charge is -2.29. The SMILES string of the molecule is CC1(C)CC(=O)c2cc(-c3nc(-c4ccc(Oc5ccccc5)cc4)cs3)c(=O)[nH]c2C1. The number of Topliss-reactive ketones (excluding diaryl/α,β-unsaturated/α-hetero) is 1. The van der Waals surface area contributed by atoms with E-state index in [2.05, 4.69) is 9.97 Å². The maximum Gasteiger partial charge on any atom is 0.258 e. The molecule has 0 saturated heterocycles. The molecule has 2 heterocycles. The lowest BCUT2D eigenvalue weighted by molar-refractivity contribution is 0.0910. The molecule has 0 amide bonds. The van der Waals surface area contributed by atoms with E-state index in [0.29, 0.717) is 29.0 Å². The molecule has 1 aliphatic carbocycles. The quantitative estimate of drug-likeness (QED) is 0.414.